The lowest BCUT2D eigenvalue weighted by molar-refractivity contribution is 0.259. The van der Waals surface area contributed by atoms with Gasteiger partial charge in [-0.15, -0.1) is 0 Å². The molecule has 0 aromatic heterocycles. The van der Waals surface area contributed by atoms with Gasteiger partial charge in [-0.05, 0) is 36.5 Å². The Morgan fingerprint density at radius 3 is 1.67 bits per heavy atom. The molecular formula is C15H32. The van der Waals surface area contributed by atoms with Gasteiger partial charge in [0.15, 0.2) is 0 Å². The normalized spacial score (nSPS) is 19.6. The number of hydrogen-bond donors (Lipinski definition) is 0. The highest BCUT2D eigenvalue weighted by molar-refractivity contribution is 4.68. The van der Waals surface area contributed by atoms with Crippen LogP contribution in [-0.2, 0) is 0 Å². The van der Waals surface area contributed by atoms with Crippen molar-refractivity contribution in [1.82, 2.24) is 0 Å². The SMILES string of the molecule is CCC(C)CC(CC)CC(C)C(C)CC. The van der Waals surface area contributed by atoms with Gasteiger partial charge in [-0.3, -0.25) is 0 Å². The van der Waals surface area contributed by atoms with Gasteiger partial charge in [-0.2, -0.15) is 0 Å². The zero-order valence-electron chi connectivity index (χ0n) is 11.8. The standard InChI is InChI=1S/C15H32/c1-7-12(4)10-15(9-3)11-14(6)13(5)8-2/h12-15H,7-11H2,1-6H3. The minimum Gasteiger partial charge on any atom is -0.0651 e. The molecule has 0 aromatic carbocycles. The lowest BCUT2D eigenvalue weighted by atomic mass is 9.81. The quantitative estimate of drug-likeness (QED) is 0.497. The largest absolute Gasteiger partial charge is 0.0651 e. The van der Waals surface area contributed by atoms with E-state index in [1.165, 1.54) is 32.1 Å². The molecule has 92 valence electrons. The smallest absolute Gasteiger partial charge is 0.0412 e. The van der Waals surface area contributed by atoms with Crippen molar-refractivity contribution in [3.05, 3.63) is 0 Å². The molecule has 0 aliphatic rings. The molecule has 0 rings (SSSR count). The van der Waals surface area contributed by atoms with E-state index in [-0.39, 0.29) is 0 Å². The van der Waals surface area contributed by atoms with E-state index in [0.29, 0.717) is 0 Å². The Balaban J connectivity index is 3.97. The minimum absolute atomic E-state index is 0.899. The number of hydrogen-bond acceptors (Lipinski definition) is 0. The molecule has 0 saturated heterocycles. The highest BCUT2D eigenvalue weighted by Gasteiger charge is 2.17. The van der Waals surface area contributed by atoms with Gasteiger partial charge in [-0.1, -0.05) is 60.8 Å². The predicted molar refractivity (Wildman–Crippen MR) is 71.1 cm³/mol. The van der Waals surface area contributed by atoms with Gasteiger partial charge >= 0.3 is 0 Å². The summed E-state index contributed by atoms with van der Waals surface area (Å²) in [5.41, 5.74) is 0. The van der Waals surface area contributed by atoms with Gasteiger partial charge in [0, 0.05) is 0 Å². The maximum Gasteiger partial charge on any atom is -0.0412 e. The van der Waals surface area contributed by atoms with Gasteiger partial charge in [0.2, 0.25) is 0 Å². The first-order valence-electron chi connectivity index (χ1n) is 7.04. The third-order valence-corrected chi connectivity index (χ3v) is 4.33. The molecule has 0 spiro atoms. The fourth-order valence-electron chi connectivity index (χ4n) is 2.33. The topological polar surface area (TPSA) is 0 Å². The Hall–Kier alpha value is 0. The average Bonchev–Trinajstić information content (AvgIpc) is 2.26. The van der Waals surface area contributed by atoms with Crippen molar-refractivity contribution >= 4 is 0 Å². The molecule has 0 radical (unpaired) electrons. The molecule has 0 heteroatoms. The molecule has 0 bridgehead atoms. The van der Waals surface area contributed by atoms with Crippen LogP contribution in [0.5, 0.6) is 0 Å². The van der Waals surface area contributed by atoms with Crippen LogP contribution in [0, 0.1) is 23.7 Å². The van der Waals surface area contributed by atoms with Gasteiger partial charge in [-0.25, -0.2) is 0 Å². The minimum atomic E-state index is 0.899. The van der Waals surface area contributed by atoms with Crippen molar-refractivity contribution in [1.29, 1.82) is 0 Å². The Bertz CT molecular complexity index is 139. The second kappa shape index (κ2) is 8.19. The third kappa shape index (κ3) is 6.22. The Morgan fingerprint density at radius 1 is 0.667 bits per heavy atom. The lowest BCUT2D eigenvalue weighted by Crippen LogP contribution is -2.14. The van der Waals surface area contributed by atoms with Crippen molar-refractivity contribution in [3.8, 4) is 0 Å². The van der Waals surface area contributed by atoms with Gasteiger partial charge in [0.1, 0.15) is 0 Å². The van der Waals surface area contributed by atoms with Crippen LogP contribution >= 0.6 is 0 Å². The highest BCUT2D eigenvalue weighted by Crippen LogP contribution is 2.28. The van der Waals surface area contributed by atoms with Crippen molar-refractivity contribution in [2.24, 2.45) is 23.7 Å². The second-order valence-corrected chi connectivity index (χ2v) is 5.62. The van der Waals surface area contributed by atoms with Gasteiger partial charge in [0.05, 0.1) is 0 Å². The van der Waals surface area contributed by atoms with Crippen molar-refractivity contribution in [2.75, 3.05) is 0 Å². The van der Waals surface area contributed by atoms with E-state index >= 15 is 0 Å². The zero-order chi connectivity index (χ0) is 11.8. The van der Waals surface area contributed by atoms with Gasteiger partial charge < -0.3 is 0 Å². The zero-order valence-corrected chi connectivity index (χ0v) is 11.8. The molecule has 0 nitrogen and oxygen atoms in total. The van der Waals surface area contributed by atoms with Crippen molar-refractivity contribution in [2.45, 2.75) is 73.6 Å². The maximum atomic E-state index is 2.44. The van der Waals surface area contributed by atoms with Crippen molar-refractivity contribution < 1.29 is 0 Å². The van der Waals surface area contributed by atoms with E-state index in [2.05, 4.69) is 41.5 Å². The summed E-state index contributed by atoms with van der Waals surface area (Å²) in [6, 6.07) is 0. The van der Waals surface area contributed by atoms with E-state index in [4.69, 9.17) is 0 Å². The molecule has 0 aliphatic heterocycles. The summed E-state index contributed by atoms with van der Waals surface area (Å²) in [6.45, 7) is 14.2. The summed E-state index contributed by atoms with van der Waals surface area (Å²) >= 11 is 0. The van der Waals surface area contributed by atoms with E-state index in [1.54, 1.807) is 0 Å². The molecule has 4 atom stereocenters. The summed E-state index contributed by atoms with van der Waals surface area (Å²) < 4.78 is 0. The molecule has 0 aromatic rings. The maximum absolute atomic E-state index is 2.44. The highest BCUT2D eigenvalue weighted by atomic mass is 14.2. The first-order valence-corrected chi connectivity index (χ1v) is 7.04. The van der Waals surface area contributed by atoms with Crippen LogP contribution in [0.4, 0.5) is 0 Å². The summed E-state index contributed by atoms with van der Waals surface area (Å²) in [7, 11) is 0. The van der Waals surface area contributed by atoms with Gasteiger partial charge in [0.25, 0.3) is 0 Å². The average molecular weight is 212 g/mol. The monoisotopic (exact) mass is 212 g/mol. The van der Waals surface area contributed by atoms with Crippen LogP contribution < -0.4 is 0 Å². The van der Waals surface area contributed by atoms with Crippen LogP contribution in [0.3, 0.4) is 0 Å². The summed E-state index contributed by atoms with van der Waals surface area (Å²) in [4.78, 5) is 0. The molecular weight excluding hydrogens is 180 g/mol. The Kier molecular flexibility index (Phi) is 8.19. The van der Waals surface area contributed by atoms with Crippen LogP contribution in [0.1, 0.15) is 73.6 Å². The van der Waals surface area contributed by atoms with E-state index in [9.17, 15) is 0 Å². The molecule has 0 saturated carbocycles. The van der Waals surface area contributed by atoms with Crippen LogP contribution in [0.25, 0.3) is 0 Å². The fraction of sp³-hybridized carbons (Fsp3) is 1.00. The van der Waals surface area contributed by atoms with Crippen LogP contribution in [0.2, 0.25) is 0 Å². The Labute approximate surface area is 97.8 Å². The van der Waals surface area contributed by atoms with Crippen LogP contribution in [0.15, 0.2) is 0 Å². The number of rotatable bonds is 8. The molecule has 0 fully saturated rings. The third-order valence-electron chi connectivity index (χ3n) is 4.33. The Morgan fingerprint density at radius 2 is 1.27 bits per heavy atom. The molecule has 0 aliphatic carbocycles. The van der Waals surface area contributed by atoms with E-state index < -0.39 is 0 Å². The second-order valence-electron chi connectivity index (χ2n) is 5.62. The van der Waals surface area contributed by atoms with Crippen molar-refractivity contribution in [3.63, 3.8) is 0 Å². The molecule has 0 N–H and O–H groups in total. The first-order chi connectivity index (χ1) is 7.04. The van der Waals surface area contributed by atoms with E-state index in [0.717, 1.165) is 23.7 Å². The van der Waals surface area contributed by atoms with E-state index in [1.807, 2.05) is 0 Å². The fourth-order valence-corrected chi connectivity index (χ4v) is 2.33. The molecule has 15 heavy (non-hydrogen) atoms. The first kappa shape index (κ1) is 15.0. The summed E-state index contributed by atoms with van der Waals surface area (Å²) in [6.07, 6.45) is 6.92. The predicted octanol–water partition coefficient (Wildman–Crippen LogP) is 5.52. The summed E-state index contributed by atoms with van der Waals surface area (Å²) in [5, 5.41) is 0. The van der Waals surface area contributed by atoms with Crippen LogP contribution in [-0.4, -0.2) is 0 Å². The molecule has 0 amide bonds. The molecule has 4 unspecified atom stereocenters. The molecule has 0 heterocycles. The lowest BCUT2D eigenvalue weighted by Gasteiger charge is -2.25. The summed E-state index contributed by atoms with van der Waals surface area (Å²) in [5.74, 6) is 3.68.